The van der Waals surface area contributed by atoms with Crippen LogP contribution in [0.2, 0.25) is 0 Å². The van der Waals surface area contributed by atoms with E-state index >= 15 is 0 Å². The molecule has 0 spiro atoms. The molecule has 6 nitrogen and oxygen atoms in total. The number of carboxylic acids is 1. The topological polar surface area (TPSA) is 84.4 Å². The summed E-state index contributed by atoms with van der Waals surface area (Å²) < 4.78 is 10.6. The molecule has 0 saturated heterocycles. The summed E-state index contributed by atoms with van der Waals surface area (Å²) in [4.78, 5) is 11.1. The molecule has 0 unspecified atom stereocenters. The lowest BCUT2D eigenvalue weighted by Gasteiger charge is -2.10. The third kappa shape index (κ3) is 2.52. The summed E-state index contributed by atoms with van der Waals surface area (Å²) in [6.45, 7) is 2.44. The highest BCUT2D eigenvalue weighted by Gasteiger charge is 2.17. The molecule has 0 aliphatic carbocycles. The zero-order chi connectivity index (χ0) is 13.8. The molecule has 0 saturated carbocycles. The van der Waals surface area contributed by atoms with E-state index in [0.717, 1.165) is 0 Å². The number of ether oxygens (including phenoxy) is 2. The summed E-state index contributed by atoms with van der Waals surface area (Å²) in [6.07, 6.45) is 1.27. The second kappa shape index (κ2) is 5.43. The number of carboxylic acid groups (broad SMARTS) is 1. The smallest absolute Gasteiger partial charge is 0.339 e. The molecule has 2 rings (SSSR count). The maximum Gasteiger partial charge on any atom is 0.339 e. The Morgan fingerprint density at radius 3 is 2.89 bits per heavy atom. The van der Waals surface area contributed by atoms with Crippen molar-refractivity contribution in [3.8, 4) is 22.8 Å². The van der Waals surface area contributed by atoms with Crippen molar-refractivity contribution >= 4 is 5.97 Å². The third-order valence-electron chi connectivity index (χ3n) is 2.62. The highest BCUT2D eigenvalue weighted by Crippen LogP contribution is 2.33. The second-order valence-corrected chi connectivity index (χ2v) is 3.76. The Bertz CT molecular complexity index is 592. The summed E-state index contributed by atoms with van der Waals surface area (Å²) in [5.74, 6) is 0.150. The van der Waals surface area contributed by atoms with Gasteiger partial charge in [-0.3, -0.25) is 5.10 Å². The van der Waals surface area contributed by atoms with Gasteiger partial charge in [-0.15, -0.1) is 0 Å². The first kappa shape index (κ1) is 12.9. The van der Waals surface area contributed by atoms with Gasteiger partial charge in [0.25, 0.3) is 0 Å². The van der Waals surface area contributed by atoms with Crippen molar-refractivity contribution in [3.63, 3.8) is 0 Å². The molecule has 19 heavy (non-hydrogen) atoms. The van der Waals surface area contributed by atoms with Crippen LogP contribution in [0.3, 0.4) is 0 Å². The molecule has 0 radical (unpaired) electrons. The van der Waals surface area contributed by atoms with Crippen LogP contribution in [0.15, 0.2) is 24.4 Å². The van der Waals surface area contributed by atoms with Gasteiger partial charge < -0.3 is 14.6 Å². The maximum atomic E-state index is 11.1. The van der Waals surface area contributed by atoms with Gasteiger partial charge in [-0.25, -0.2) is 4.79 Å². The Morgan fingerprint density at radius 2 is 2.26 bits per heavy atom. The van der Waals surface area contributed by atoms with Crippen molar-refractivity contribution in [3.05, 3.63) is 30.0 Å². The summed E-state index contributed by atoms with van der Waals surface area (Å²) >= 11 is 0. The third-order valence-corrected chi connectivity index (χ3v) is 2.62. The number of aromatic amines is 1. The maximum absolute atomic E-state index is 11.1. The average Bonchev–Trinajstić information content (AvgIpc) is 2.88. The van der Waals surface area contributed by atoms with E-state index in [1.165, 1.54) is 13.3 Å². The molecule has 0 atom stereocenters. The number of hydrogen-bond donors (Lipinski definition) is 2. The van der Waals surface area contributed by atoms with E-state index in [1.54, 1.807) is 18.2 Å². The van der Waals surface area contributed by atoms with E-state index in [-0.39, 0.29) is 5.56 Å². The lowest BCUT2D eigenvalue weighted by molar-refractivity contribution is 0.0698. The molecule has 2 aromatic rings. The van der Waals surface area contributed by atoms with Gasteiger partial charge in [0, 0.05) is 11.6 Å². The van der Waals surface area contributed by atoms with E-state index in [9.17, 15) is 4.79 Å². The summed E-state index contributed by atoms with van der Waals surface area (Å²) in [6, 6.07) is 5.21. The lowest BCUT2D eigenvalue weighted by atomic mass is 10.1. The predicted octanol–water partition coefficient (Wildman–Crippen LogP) is 2.18. The molecule has 0 amide bonds. The van der Waals surface area contributed by atoms with E-state index in [0.29, 0.717) is 29.4 Å². The Morgan fingerprint density at radius 1 is 1.47 bits per heavy atom. The molecular formula is C13H14N2O4. The molecule has 1 aromatic heterocycles. The zero-order valence-corrected chi connectivity index (χ0v) is 10.6. The highest BCUT2D eigenvalue weighted by molar-refractivity contribution is 5.95. The normalized spacial score (nSPS) is 10.2. The number of carbonyl (C=O) groups is 1. The van der Waals surface area contributed by atoms with Crippen LogP contribution in [0.25, 0.3) is 11.3 Å². The van der Waals surface area contributed by atoms with Crippen molar-refractivity contribution in [1.82, 2.24) is 10.2 Å². The van der Waals surface area contributed by atoms with E-state index in [1.807, 2.05) is 6.92 Å². The zero-order valence-electron chi connectivity index (χ0n) is 10.6. The van der Waals surface area contributed by atoms with Gasteiger partial charge in [0.05, 0.1) is 25.6 Å². The molecule has 2 N–H and O–H groups in total. The van der Waals surface area contributed by atoms with Gasteiger partial charge in [-0.2, -0.15) is 5.10 Å². The van der Waals surface area contributed by atoms with Crippen LogP contribution in [-0.2, 0) is 0 Å². The number of benzene rings is 1. The van der Waals surface area contributed by atoms with Gasteiger partial charge in [-0.05, 0) is 19.1 Å². The summed E-state index contributed by atoms with van der Waals surface area (Å²) in [5, 5.41) is 15.5. The number of nitrogens with zero attached hydrogens (tertiary/aromatic N) is 1. The first-order chi connectivity index (χ1) is 9.17. The molecule has 1 heterocycles. The van der Waals surface area contributed by atoms with E-state index in [4.69, 9.17) is 14.6 Å². The number of nitrogens with one attached hydrogen (secondary N) is 1. The fourth-order valence-corrected chi connectivity index (χ4v) is 1.79. The van der Waals surface area contributed by atoms with Crippen LogP contribution in [0, 0.1) is 0 Å². The second-order valence-electron chi connectivity index (χ2n) is 3.76. The molecular weight excluding hydrogens is 248 g/mol. The van der Waals surface area contributed by atoms with Gasteiger partial charge >= 0.3 is 5.97 Å². The molecule has 0 fully saturated rings. The monoisotopic (exact) mass is 262 g/mol. The van der Waals surface area contributed by atoms with Gasteiger partial charge in [0.1, 0.15) is 17.1 Å². The molecule has 1 aromatic carbocycles. The fourth-order valence-electron chi connectivity index (χ4n) is 1.79. The number of aromatic carboxylic acids is 1. The first-order valence-electron chi connectivity index (χ1n) is 5.75. The molecule has 0 aliphatic rings. The minimum Gasteiger partial charge on any atom is -0.496 e. The van der Waals surface area contributed by atoms with Crippen LogP contribution < -0.4 is 9.47 Å². The molecule has 0 aliphatic heterocycles. The minimum atomic E-state index is -1.04. The molecule has 0 bridgehead atoms. The van der Waals surface area contributed by atoms with Crippen molar-refractivity contribution in [1.29, 1.82) is 0 Å². The van der Waals surface area contributed by atoms with Crippen LogP contribution in [-0.4, -0.2) is 35.0 Å². The van der Waals surface area contributed by atoms with Gasteiger partial charge in [0.2, 0.25) is 0 Å². The van der Waals surface area contributed by atoms with Crippen molar-refractivity contribution < 1.29 is 19.4 Å². The van der Waals surface area contributed by atoms with E-state index < -0.39 is 5.97 Å². The highest BCUT2D eigenvalue weighted by atomic mass is 16.5. The number of methoxy groups -OCH3 is 1. The number of aromatic nitrogens is 2. The molecule has 6 heteroatoms. The minimum absolute atomic E-state index is 0.0995. The van der Waals surface area contributed by atoms with Crippen LogP contribution in [0.5, 0.6) is 11.5 Å². The van der Waals surface area contributed by atoms with E-state index in [2.05, 4.69) is 10.2 Å². The standard InChI is InChI=1S/C13H14N2O4/c1-3-19-8-4-5-9(11(6-8)18-2)12-10(13(16)17)7-14-15-12/h4-7H,3H2,1-2H3,(H,14,15)(H,16,17). The first-order valence-corrected chi connectivity index (χ1v) is 5.75. The van der Waals surface area contributed by atoms with Crippen LogP contribution in [0.4, 0.5) is 0 Å². The largest absolute Gasteiger partial charge is 0.496 e. The van der Waals surface area contributed by atoms with Crippen molar-refractivity contribution in [2.75, 3.05) is 13.7 Å². The Labute approximate surface area is 110 Å². The SMILES string of the molecule is CCOc1ccc(-c2[nH]ncc2C(=O)O)c(OC)c1. The number of H-pyrrole nitrogens is 1. The van der Waals surface area contributed by atoms with Crippen molar-refractivity contribution in [2.45, 2.75) is 6.92 Å². The number of rotatable bonds is 5. The Balaban J connectivity index is 2.49. The Hall–Kier alpha value is -2.50. The molecule has 100 valence electrons. The fraction of sp³-hybridized carbons (Fsp3) is 0.231. The van der Waals surface area contributed by atoms with Gasteiger partial charge in [-0.1, -0.05) is 0 Å². The predicted molar refractivity (Wildman–Crippen MR) is 68.7 cm³/mol. The quantitative estimate of drug-likeness (QED) is 0.862. The van der Waals surface area contributed by atoms with Crippen molar-refractivity contribution in [2.24, 2.45) is 0 Å². The Kier molecular flexibility index (Phi) is 3.70. The van der Waals surface area contributed by atoms with Crippen LogP contribution in [0.1, 0.15) is 17.3 Å². The summed E-state index contributed by atoms with van der Waals surface area (Å²) in [7, 11) is 1.52. The summed E-state index contributed by atoms with van der Waals surface area (Å²) in [5.41, 5.74) is 1.13. The number of hydrogen-bond acceptors (Lipinski definition) is 4. The lowest BCUT2D eigenvalue weighted by Crippen LogP contribution is -1.99. The van der Waals surface area contributed by atoms with Crippen LogP contribution >= 0.6 is 0 Å². The average molecular weight is 262 g/mol. The van der Waals surface area contributed by atoms with Gasteiger partial charge in [0.15, 0.2) is 0 Å².